The Morgan fingerprint density at radius 1 is 1.22 bits per heavy atom. The van der Waals surface area contributed by atoms with Crippen molar-refractivity contribution in [1.82, 2.24) is 0 Å². The molecule has 0 spiro atoms. The van der Waals surface area contributed by atoms with Crippen LogP contribution in [-0.2, 0) is 0 Å². The first-order valence-electron chi connectivity index (χ1n) is 7.84. The normalized spacial score (nSPS) is 10.8. The summed E-state index contributed by atoms with van der Waals surface area (Å²) >= 11 is 12.4. The van der Waals surface area contributed by atoms with Crippen LogP contribution in [0.1, 0.15) is 41.3 Å². The maximum absolute atomic E-state index is 11.4. The van der Waals surface area contributed by atoms with Crippen LogP contribution >= 0.6 is 23.2 Å². The van der Waals surface area contributed by atoms with Crippen LogP contribution in [0.5, 0.6) is 17.2 Å². The number of halogens is 2. The quantitative estimate of drug-likeness (QED) is 0.472. The van der Waals surface area contributed by atoms with Gasteiger partial charge in [-0.1, -0.05) is 37.0 Å². The zero-order valence-electron chi connectivity index (χ0n) is 15.0. The maximum Gasteiger partial charge on any atom is 0.336 e. The summed E-state index contributed by atoms with van der Waals surface area (Å²) in [6, 6.07) is 4.03. The number of aromatic carboxylic acids is 1. The molecule has 2 aromatic carbocycles. The molecule has 0 saturated heterocycles. The number of nitro groups is 1. The van der Waals surface area contributed by atoms with Gasteiger partial charge in [-0.25, -0.2) is 4.79 Å². The lowest BCUT2D eigenvalue weighted by Crippen LogP contribution is -2.03. The number of ether oxygens (including phenoxy) is 2. The van der Waals surface area contributed by atoms with E-state index in [1.807, 2.05) is 13.8 Å². The summed E-state index contributed by atoms with van der Waals surface area (Å²) in [6.07, 6.45) is 0. The predicted molar refractivity (Wildman–Crippen MR) is 102 cm³/mol. The number of hydrogen-bond acceptors (Lipinski definition) is 5. The molecule has 0 amide bonds. The molecule has 27 heavy (non-hydrogen) atoms. The Morgan fingerprint density at radius 3 is 2.33 bits per heavy atom. The fraction of sp³-hybridized carbons (Fsp3) is 0.278. The van der Waals surface area contributed by atoms with Crippen molar-refractivity contribution in [3.05, 3.63) is 55.0 Å². The molecule has 2 rings (SSSR count). The zero-order valence-corrected chi connectivity index (χ0v) is 16.5. The van der Waals surface area contributed by atoms with Crippen molar-refractivity contribution in [1.29, 1.82) is 0 Å². The van der Waals surface area contributed by atoms with E-state index in [0.717, 1.165) is 0 Å². The molecule has 1 N–H and O–H groups in total. The highest BCUT2D eigenvalue weighted by atomic mass is 35.5. The summed E-state index contributed by atoms with van der Waals surface area (Å²) in [5.74, 6) is -0.946. The molecule has 0 fully saturated rings. The highest BCUT2D eigenvalue weighted by molar-refractivity contribution is 6.38. The van der Waals surface area contributed by atoms with Gasteiger partial charge in [0.25, 0.3) is 0 Å². The summed E-state index contributed by atoms with van der Waals surface area (Å²) in [4.78, 5) is 22.1. The van der Waals surface area contributed by atoms with E-state index in [1.54, 1.807) is 6.07 Å². The third-order valence-electron chi connectivity index (χ3n) is 3.97. The Morgan fingerprint density at radius 2 is 1.85 bits per heavy atom. The van der Waals surface area contributed by atoms with Crippen LogP contribution in [0, 0.1) is 17.0 Å². The second-order valence-corrected chi connectivity index (χ2v) is 6.84. The van der Waals surface area contributed by atoms with Crippen LogP contribution in [0.25, 0.3) is 0 Å². The molecule has 0 radical (unpaired) electrons. The topological polar surface area (TPSA) is 98.9 Å². The van der Waals surface area contributed by atoms with E-state index >= 15 is 0 Å². The SMILES string of the molecule is COc1c(C(C)C)cc(Oc2c(Cl)cc(C(=O)O)c(C)c2Cl)cc1[N+](=O)[O-]. The Bertz CT molecular complexity index is 927. The molecule has 0 unspecified atom stereocenters. The Kier molecular flexibility index (Phi) is 6.18. The summed E-state index contributed by atoms with van der Waals surface area (Å²) in [6.45, 7) is 5.24. The number of nitro benzene ring substituents is 1. The van der Waals surface area contributed by atoms with Gasteiger partial charge in [0.2, 0.25) is 5.75 Å². The number of carboxylic acids is 1. The first kappa shape index (κ1) is 20.8. The van der Waals surface area contributed by atoms with E-state index in [-0.39, 0.29) is 50.0 Å². The highest BCUT2D eigenvalue weighted by Crippen LogP contribution is 2.44. The zero-order chi connectivity index (χ0) is 20.5. The number of nitrogens with zero attached hydrogens (tertiary/aromatic N) is 1. The fourth-order valence-corrected chi connectivity index (χ4v) is 3.11. The van der Waals surface area contributed by atoms with Gasteiger partial charge in [0.05, 0.1) is 33.7 Å². The lowest BCUT2D eigenvalue weighted by molar-refractivity contribution is -0.385. The van der Waals surface area contributed by atoms with Crippen molar-refractivity contribution in [2.45, 2.75) is 26.7 Å². The minimum Gasteiger partial charge on any atom is -0.490 e. The van der Waals surface area contributed by atoms with E-state index in [1.165, 1.54) is 26.2 Å². The van der Waals surface area contributed by atoms with Gasteiger partial charge in [-0.05, 0) is 30.5 Å². The van der Waals surface area contributed by atoms with Crippen molar-refractivity contribution in [2.24, 2.45) is 0 Å². The van der Waals surface area contributed by atoms with Crippen LogP contribution < -0.4 is 9.47 Å². The third-order valence-corrected chi connectivity index (χ3v) is 4.70. The minimum absolute atomic E-state index is 0.0180. The summed E-state index contributed by atoms with van der Waals surface area (Å²) in [7, 11) is 1.36. The Hall–Kier alpha value is -2.51. The third kappa shape index (κ3) is 4.09. The number of carbonyl (C=O) groups is 1. The average Bonchev–Trinajstić information content (AvgIpc) is 2.60. The van der Waals surface area contributed by atoms with Gasteiger partial charge in [0, 0.05) is 5.56 Å². The van der Waals surface area contributed by atoms with Crippen molar-refractivity contribution in [3.63, 3.8) is 0 Å². The van der Waals surface area contributed by atoms with Gasteiger partial charge in [0.15, 0.2) is 5.75 Å². The standard InChI is InChI=1S/C18H17Cl2NO6/c1-8(2)11-5-10(6-14(21(24)25)16(11)26-4)27-17-13(19)7-12(18(22)23)9(3)15(17)20/h5-8H,1-4H3,(H,22,23). The van der Waals surface area contributed by atoms with Crippen molar-refractivity contribution in [2.75, 3.05) is 7.11 Å². The van der Waals surface area contributed by atoms with Gasteiger partial charge in [0.1, 0.15) is 5.75 Å². The van der Waals surface area contributed by atoms with Crippen LogP contribution in [0.15, 0.2) is 18.2 Å². The molecule has 0 atom stereocenters. The van der Waals surface area contributed by atoms with Gasteiger partial charge in [-0.2, -0.15) is 0 Å². The van der Waals surface area contributed by atoms with Crippen molar-refractivity contribution < 1.29 is 24.3 Å². The molecule has 0 saturated carbocycles. The number of benzene rings is 2. The van der Waals surface area contributed by atoms with Crippen LogP contribution in [0.4, 0.5) is 5.69 Å². The molecule has 0 aromatic heterocycles. The second kappa shape index (κ2) is 8.02. The number of hydrogen-bond donors (Lipinski definition) is 1. The summed E-state index contributed by atoms with van der Waals surface area (Å²) < 4.78 is 10.9. The Balaban J connectivity index is 2.63. The van der Waals surface area contributed by atoms with E-state index in [2.05, 4.69) is 0 Å². The van der Waals surface area contributed by atoms with E-state index in [0.29, 0.717) is 5.56 Å². The number of carboxylic acid groups (broad SMARTS) is 1. The van der Waals surface area contributed by atoms with E-state index < -0.39 is 10.9 Å². The minimum atomic E-state index is -1.18. The summed E-state index contributed by atoms with van der Waals surface area (Å²) in [5.41, 5.74) is 0.536. The lowest BCUT2D eigenvalue weighted by Gasteiger charge is -2.16. The number of methoxy groups -OCH3 is 1. The first-order chi connectivity index (χ1) is 12.6. The Labute approximate surface area is 165 Å². The molecule has 0 aliphatic carbocycles. The fourth-order valence-electron chi connectivity index (χ4n) is 2.58. The van der Waals surface area contributed by atoms with Gasteiger partial charge < -0.3 is 14.6 Å². The second-order valence-electron chi connectivity index (χ2n) is 6.06. The molecular formula is C18H17Cl2NO6. The predicted octanol–water partition coefficient (Wildman–Crippen LogP) is 5.83. The highest BCUT2D eigenvalue weighted by Gasteiger charge is 2.25. The molecule has 9 heteroatoms. The molecule has 2 aromatic rings. The smallest absolute Gasteiger partial charge is 0.336 e. The van der Waals surface area contributed by atoms with Crippen LogP contribution in [0.3, 0.4) is 0 Å². The molecule has 0 heterocycles. The monoisotopic (exact) mass is 413 g/mol. The van der Waals surface area contributed by atoms with Crippen LogP contribution in [0.2, 0.25) is 10.0 Å². The molecule has 0 aliphatic heterocycles. The lowest BCUT2D eigenvalue weighted by atomic mass is 10.0. The van der Waals surface area contributed by atoms with Crippen LogP contribution in [-0.4, -0.2) is 23.1 Å². The molecule has 0 aliphatic rings. The first-order valence-corrected chi connectivity index (χ1v) is 8.60. The van der Waals surface area contributed by atoms with Gasteiger partial charge in [-0.15, -0.1) is 0 Å². The average molecular weight is 414 g/mol. The van der Waals surface area contributed by atoms with Gasteiger partial charge >= 0.3 is 11.7 Å². The molecule has 144 valence electrons. The van der Waals surface area contributed by atoms with E-state index in [9.17, 15) is 20.0 Å². The van der Waals surface area contributed by atoms with Gasteiger partial charge in [-0.3, -0.25) is 10.1 Å². The maximum atomic E-state index is 11.4. The largest absolute Gasteiger partial charge is 0.490 e. The molecular weight excluding hydrogens is 397 g/mol. The summed E-state index contributed by atoms with van der Waals surface area (Å²) in [5, 5.41) is 20.6. The van der Waals surface area contributed by atoms with Crippen molar-refractivity contribution >= 4 is 34.9 Å². The van der Waals surface area contributed by atoms with E-state index in [4.69, 9.17) is 32.7 Å². The molecule has 0 bridgehead atoms. The molecule has 7 nitrogen and oxygen atoms in total. The number of rotatable bonds is 6. The van der Waals surface area contributed by atoms with Crippen molar-refractivity contribution in [3.8, 4) is 17.2 Å².